The number of hydrogen-bond donors (Lipinski definition) is 1. The summed E-state index contributed by atoms with van der Waals surface area (Å²) in [5.41, 5.74) is 0. The van der Waals surface area contributed by atoms with E-state index in [0.29, 0.717) is 0 Å². The van der Waals surface area contributed by atoms with E-state index < -0.39 is 0 Å². The minimum Gasteiger partial charge on any atom is -0.351 e. The Labute approximate surface area is 58.1 Å². The predicted molar refractivity (Wildman–Crippen MR) is 38.0 cm³/mol. The van der Waals surface area contributed by atoms with Gasteiger partial charge in [-0.15, -0.1) is 0 Å². The molecule has 0 aromatic carbocycles. The highest BCUT2D eigenvalue weighted by molar-refractivity contribution is 6.30. The summed E-state index contributed by atoms with van der Waals surface area (Å²) < 4.78 is 0. The van der Waals surface area contributed by atoms with E-state index in [9.17, 15) is 0 Å². The van der Waals surface area contributed by atoms with Gasteiger partial charge in [-0.1, -0.05) is 6.92 Å². The third-order valence-corrected chi connectivity index (χ3v) is 1.37. The van der Waals surface area contributed by atoms with Crippen molar-refractivity contribution in [2.75, 3.05) is 0 Å². The molecule has 1 aromatic heterocycles. The first kappa shape index (κ1) is 6.55. The van der Waals surface area contributed by atoms with Crippen LogP contribution < -0.4 is 5.32 Å². The third-order valence-electron chi connectivity index (χ3n) is 1.12. The van der Waals surface area contributed by atoms with Gasteiger partial charge in [0.15, 0.2) is 0 Å². The maximum atomic E-state index is 4.10. The van der Waals surface area contributed by atoms with Crippen LogP contribution in [0.15, 0.2) is 6.20 Å². The lowest BCUT2D eigenvalue weighted by Gasteiger charge is -1.87. The van der Waals surface area contributed by atoms with Crippen LogP contribution in [0.25, 0.3) is 0 Å². The molecule has 0 fully saturated rings. The molecule has 0 atom stereocenters. The molecule has 0 aliphatic carbocycles. The van der Waals surface area contributed by atoms with E-state index in [0.717, 1.165) is 24.0 Å². The van der Waals surface area contributed by atoms with E-state index >= 15 is 0 Å². The highest BCUT2D eigenvalue weighted by atomic mass is 28.1. The molecule has 0 saturated heterocycles. The smallest absolute Gasteiger partial charge is 0.105 e. The summed E-state index contributed by atoms with van der Waals surface area (Å²) in [6.45, 7) is 2.13. The predicted octanol–water partition coefficient (Wildman–Crippen LogP) is 0.156. The summed E-state index contributed by atoms with van der Waals surface area (Å²) in [7, 11) is 3.33. The molecule has 0 amide bonds. The molecule has 0 saturated carbocycles. The summed E-state index contributed by atoms with van der Waals surface area (Å²) in [5.74, 6) is 1.06. The van der Waals surface area contributed by atoms with Crippen molar-refractivity contribution in [3.05, 3.63) is 12.0 Å². The molecule has 9 heavy (non-hydrogen) atoms. The molecule has 1 N–H and O–H groups in total. The normalized spacial score (nSPS) is 10.0. The zero-order valence-corrected chi connectivity index (χ0v) is 6.44. The van der Waals surface area contributed by atoms with Crippen LogP contribution in [0.1, 0.15) is 19.2 Å². The van der Waals surface area contributed by atoms with Crippen molar-refractivity contribution in [1.82, 2.24) is 9.97 Å². The molecule has 3 heteroatoms. The van der Waals surface area contributed by atoms with Crippen LogP contribution in [0.4, 0.5) is 0 Å². The van der Waals surface area contributed by atoms with E-state index in [4.69, 9.17) is 0 Å². The van der Waals surface area contributed by atoms with E-state index in [2.05, 4.69) is 27.1 Å². The molecule has 2 nitrogen and oxygen atoms in total. The zero-order chi connectivity index (χ0) is 6.69. The minimum atomic E-state index is 0.957. The lowest BCUT2D eigenvalue weighted by atomic mass is 10.3. The van der Waals surface area contributed by atoms with Gasteiger partial charge in [-0.05, 0) is 6.42 Å². The largest absolute Gasteiger partial charge is 0.351 e. The average Bonchev–Trinajstić information content (AvgIpc) is 2.17. The number of aromatic amines is 1. The molecule has 0 unspecified atom stereocenters. The monoisotopic (exact) mass is 137 g/mol. The van der Waals surface area contributed by atoms with Gasteiger partial charge in [0.25, 0.3) is 0 Å². The average molecular weight is 137 g/mol. The highest BCUT2D eigenvalue weighted by Crippen LogP contribution is 1.90. The Morgan fingerprint density at radius 1 is 1.78 bits per heavy atom. The van der Waals surface area contributed by atoms with Gasteiger partial charge in [0, 0.05) is 17.9 Å². The SMILES string of the molecule is CCCc1ncc([Si])[nH]1. The van der Waals surface area contributed by atoms with Gasteiger partial charge >= 0.3 is 0 Å². The van der Waals surface area contributed by atoms with E-state index in [1.165, 1.54) is 0 Å². The summed E-state index contributed by atoms with van der Waals surface area (Å²) in [4.78, 5) is 7.18. The van der Waals surface area contributed by atoms with Crippen molar-refractivity contribution in [3.8, 4) is 0 Å². The fraction of sp³-hybridized carbons (Fsp3) is 0.500. The van der Waals surface area contributed by atoms with Crippen molar-refractivity contribution in [2.24, 2.45) is 0 Å². The lowest BCUT2D eigenvalue weighted by molar-refractivity contribution is 0.858. The van der Waals surface area contributed by atoms with Gasteiger partial charge in [0.1, 0.15) is 5.82 Å². The molecule has 0 aliphatic rings. The van der Waals surface area contributed by atoms with Gasteiger partial charge in [-0.2, -0.15) is 0 Å². The number of hydrogen-bond acceptors (Lipinski definition) is 1. The number of rotatable bonds is 2. The summed E-state index contributed by atoms with van der Waals surface area (Å²) >= 11 is 0. The fourth-order valence-electron chi connectivity index (χ4n) is 0.726. The van der Waals surface area contributed by atoms with Crippen LogP contribution in [0, 0.1) is 0 Å². The molecule has 1 rings (SSSR count). The van der Waals surface area contributed by atoms with E-state index in [-0.39, 0.29) is 0 Å². The van der Waals surface area contributed by atoms with Crippen molar-refractivity contribution >= 4 is 15.6 Å². The first-order valence-corrected chi connectivity index (χ1v) is 3.58. The van der Waals surface area contributed by atoms with Gasteiger partial charge in [-0.3, -0.25) is 0 Å². The summed E-state index contributed by atoms with van der Waals surface area (Å²) in [6.07, 6.45) is 3.95. The second kappa shape index (κ2) is 2.82. The fourth-order valence-corrected chi connectivity index (χ4v) is 0.935. The number of imidazole rings is 1. The first-order valence-electron chi connectivity index (χ1n) is 3.08. The van der Waals surface area contributed by atoms with Gasteiger partial charge < -0.3 is 4.98 Å². The van der Waals surface area contributed by atoms with Crippen molar-refractivity contribution in [1.29, 1.82) is 0 Å². The second-order valence-corrected chi connectivity index (χ2v) is 2.53. The molecular weight excluding hydrogens is 128 g/mol. The first-order chi connectivity index (χ1) is 4.33. The molecule has 3 radical (unpaired) electrons. The number of H-pyrrole nitrogens is 1. The Morgan fingerprint density at radius 2 is 2.56 bits per heavy atom. The van der Waals surface area contributed by atoms with E-state index in [1.54, 1.807) is 6.20 Å². The quantitative estimate of drug-likeness (QED) is 0.578. The number of nitrogens with one attached hydrogen (secondary N) is 1. The van der Waals surface area contributed by atoms with Gasteiger partial charge in [0.05, 0.1) is 10.2 Å². The van der Waals surface area contributed by atoms with Crippen molar-refractivity contribution in [3.63, 3.8) is 0 Å². The molecule has 0 bridgehead atoms. The van der Waals surface area contributed by atoms with Crippen molar-refractivity contribution < 1.29 is 0 Å². The van der Waals surface area contributed by atoms with Crippen LogP contribution in [0.3, 0.4) is 0 Å². The number of aryl methyl sites for hydroxylation is 1. The van der Waals surface area contributed by atoms with Crippen LogP contribution >= 0.6 is 0 Å². The molecular formula is C6H9N2Si. The van der Waals surface area contributed by atoms with Gasteiger partial charge in [-0.25, -0.2) is 4.98 Å². The van der Waals surface area contributed by atoms with Crippen LogP contribution in [0.2, 0.25) is 0 Å². The van der Waals surface area contributed by atoms with Crippen LogP contribution in [-0.4, -0.2) is 20.2 Å². The maximum Gasteiger partial charge on any atom is 0.105 e. The Morgan fingerprint density at radius 3 is 3.00 bits per heavy atom. The Kier molecular flexibility index (Phi) is 2.05. The second-order valence-electron chi connectivity index (χ2n) is 1.99. The Bertz CT molecular complexity index is 183. The third kappa shape index (κ3) is 1.68. The van der Waals surface area contributed by atoms with Crippen LogP contribution in [0.5, 0.6) is 0 Å². The molecule has 1 heterocycles. The number of nitrogens with zero attached hydrogens (tertiary/aromatic N) is 1. The van der Waals surface area contributed by atoms with E-state index in [1.807, 2.05) is 0 Å². The maximum absolute atomic E-state index is 4.10. The zero-order valence-electron chi connectivity index (χ0n) is 5.44. The minimum absolute atomic E-state index is 0.957. The summed E-state index contributed by atoms with van der Waals surface area (Å²) in [6, 6.07) is 0. The Balaban J connectivity index is 2.61. The standard InChI is InChI=1S/C6H9N2Si/c1-2-3-5-7-4-6(9)8-5/h4H,2-3H2,1H3,(H,7,8). The molecule has 47 valence electrons. The van der Waals surface area contributed by atoms with Gasteiger partial charge in [0.2, 0.25) is 0 Å². The summed E-state index contributed by atoms with van der Waals surface area (Å²) in [5, 5.41) is 0.957. The molecule has 0 spiro atoms. The number of aromatic nitrogens is 2. The topological polar surface area (TPSA) is 28.7 Å². The highest BCUT2D eigenvalue weighted by Gasteiger charge is 1.92. The molecule has 0 aliphatic heterocycles. The molecule has 1 aromatic rings. The van der Waals surface area contributed by atoms with Crippen LogP contribution in [-0.2, 0) is 6.42 Å². The Hall–Kier alpha value is -0.573. The lowest BCUT2D eigenvalue weighted by Crippen LogP contribution is -2.01. The van der Waals surface area contributed by atoms with Crippen molar-refractivity contribution in [2.45, 2.75) is 19.8 Å².